The number of hydrogen-bond acceptors (Lipinski definition) is 1. The first-order valence-electron chi connectivity index (χ1n) is 6.15. The largest absolute Gasteiger partial charge is 0.303 e. The van der Waals surface area contributed by atoms with Gasteiger partial charge in [-0.25, -0.2) is 8.78 Å². The smallest absolute Gasteiger partial charge is 0.135 e. The van der Waals surface area contributed by atoms with E-state index in [4.69, 9.17) is 0 Å². The summed E-state index contributed by atoms with van der Waals surface area (Å²) < 4.78 is 26.6. The molecule has 3 atom stereocenters. The van der Waals surface area contributed by atoms with Crippen LogP contribution in [0.5, 0.6) is 0 Å². The standard InChI is InChI=1S/C12H23F2N/c1-3-4-5-7-15-8-6-11(13)12(14)10(2)9-15/h10-12H,3-9H2,1-2H3/t10-,11?,12?/m0/s1. The third-order valence-electron chi connectivity index (χ3n) is 3.23. The summed E-state index contributed by atoms with van der Waals surface area (Å²) in [5.74, 6) is -0.163. The van der Waals surface area contributed by atoms with E-state index in [1.807, 2.05) is 6.92 Å². The maximum atomic E-state index is 13.4. The molecule has 0 amide bonds. The molecule has 1 nitrogen and oxygen atoms in total. The molecule has 0 bridgehead atoms. The van der Waals surface area contributed by atoms with Crippen molar-refractivity contribution in [2.24, 2.45) is 5.92 Å². The van der Waals surface area contributed by atoms with Crippen LogP contribution in [0.25, 0.3) is 0 Å². The van der Waals surface area contributed by atoms with E-state index < -0.39 is 12.3 Å². The van der Waals surface area contributed by atoms with Crippen LogP contribution in [0, 0.1) is 5.92 Å². The monoisotopic (exact) mass is 219 g/mol. The lowest BCUT2D eigenvalue weighted by Crippen LogP contribution is -2.31. The second kappa shape index (κ2) is 6.41. The first-order valence-corrected chi connectivity index (χ1v) is 6.15. The van der Waals surface area contributed by atoms with Crippen molar-refractivity contribution < 1.29 is 8.78 Å². The molecule has 1 aliphatic heterocycles. The highest BCUT2D eigenvalue weighted by molar-refractivity contribution is 4.81. The Bertz CT molecular complexity index is 175. The molecule has 1 rings (SSSR count). The van der Waals surface area contributed by atoms with Crippen LogP contribution in [0.3, 0.4) is 0 Å². The highest BCUT2D eigenvalue weighted by Gasteiger charge is 2.31. The summed E-state index contributed by atoms with van der Waals surface area (Å²) in [4.78, 5) is 2.21. The number of nitrogens with zero attached hydrogens (tertiary/aromatic N) is 1. The van der Waals surface area contributed by atoms with Gasteiger partial charge in [-0.05, 0) is 19.4 Å². The van der Waals surface area contributed by atoms with E-state index in [9.17, 15) is 8.78 Å². The van der Waals surface area contributed by atoms with Crippen LogP contribution in [0.2, 0.25) is 0 Å². The van der Waals surface area contributed by atoms with Gasteiger partial charge in [0.15, 0.2) is 0 Å². The van der Waals surface area contributed by atoms with Gasteiger partial charge in [0.1, 0.15) is 12.3 Å². The molecule has 0 aliphatic carbocycles. The van der Waals surface area contributed by atoms with E-state index in [1.165, 1.54) is 12.8 Å². The maximum absolute atomic E-state index is 13.4. The molecule has 1 saturated heterocycles. The summed E-state index contributed by atoms with van der Waals surface area (Å²) in [6, 6.07) is 0. The third-order valence-corrected chi connectivity index (χ3v) is 3.23. The van der Waals surface area contributed by atoms with E-state index in [-0.39, 0.29) is 5.92 Å². The van der Waals surface area contributed by atoms with Crippen molar-refractivity contribution in [2.75, 3.05) is 19.6 Å². The molecule has 0 N–H and O–H groups in total. The molecule has 0 aromatic heterocycles. The number of alkyl halides is 2. The van der Waals surface area contributed by atoms with Crippen molar-refractivity contribution in [3.8, 4) is 0 Å². The van der Waals surface area contributed by atoms with Gasteiger partial charge in [-0.2, -0.15) is 0 Å². The second-order valence-corrected chi connectivity index (χ2v) is 4.73. The van der Waals surface area contributed by atoms with Crippen molar-refractivity contribution in [1.29, 1.82) is 0 Å². The summed E-state index contributed by atoms with van der Waals surface area (Å²) >= 11 is 0. The van der Waals surface area contributed by atoms with Crippen molar-refractivity contribution in [3.05, 3.63) is 0 Å². The van der Waals surface area contributed by atoms with Gasteiger partial charge < -0.3 is 4.90 Å². The fourth-order valence-corrected chi connectivity index (χ4v) is 2.21. The van der Waals surface area contributed by atoms with E-state index in [2.05, 4.69) is 11.8 Å². The highest BCUT2D eigenvalue weighted by atomic mass is 19.2. The molecule has 1 aliphatic rings. The number of unbranched alkanes of at least 4 members (excludes halogenated alkanes) is 2. The zero-order valence-corrected chi connectivity index (χ0v) is 9.88. The highest BCUT2D eigenvalue weighted by Crippen LogP contribution is 2.22. The van der Waals surface area contributed by atoms with Gasteiger partial charge in [-0.3, -0.25) is 0 Å². The first-order chi connectivity index (χ1) is 7.15. The van der Waals surface area contributed by atoms with Crippen LogP contribution in [0.1, 0.15) is 39.5 Å². The Morgan fingerprint density at radius 2 is 2.00 bits per heavy atom. The molecular weight excluding hydrogens is 196 g/mol. The van der Waals surface area contributed by atoms with E-state index >= 15 is 0 Å². The SMILES string of the molecule is CCCCCN1CCC(F)C(F)[C@@H](C)C1. The Morgan fingerprint density at radius 3 is 2.67 bits per heavy atom. The van der Waals surface area contributed by atoms with Crippen LogP contribution in [-0.2, 0) is 0 Å². The predicted octanol–water partition coefficient (Wildman–Crippen LogP) is 3.19. The van der Waals surface area contributed by atoms with E-state index in [0.29, 0.717) is 13.0 Å². The Kier molecular flexibility index (Phi) is 5.51. The van der Waals surface area contributed by atoms with Gasteiger partial charge >= 0.3 is 0 Å². The van der Waals surface area contributed by atoms with Gasteiger partial charge in [-0.1, -0.05) is 26.7 Å². The van der Waals surface area contributed by atoms with Crippen molar-refractivity contribution in [3.63, 3.8) is 0 Å². The molecule has 1 heterocycles. The zero-order chi connectivity index (χ0) is 11.3. The molecule has 3 heteroatoms. The minimum atomic E-state index is -1.26. The maximum Gasteiger partial charge on any atom is 0.135 e. The van der Waals surface area contributed by atoms with Crippen LogP contribution in [0.4, 0.5) is 8.78 Å². The quantitative estimate of drug-likeness (QED) is 0.656. The minimum absolute atomic E-state index is 0.163. The summed E-state index contributed by atoms with van der Waals surface area (Å²) in [6.07, 6.45) is 1.40. The van der Waals surface area contributed by atoms with Crippen LogP contribution in [0.15, 0.2) is 0 Å². The van der Waals surface area contributed by atoms with E-state index in [1.54, 1.807) is 0 Å². The molecule has 0 saturated carbocycles. The average Bonchev–Trinajstić information content (AvgIpc) is 2.33. The lowest BCUT2D eigenvalue weighted by atomic mass is 10.0. The summed E-state index contributed by atoms with van der Waals surface area (Å²) in [7, 11) is 0. The predicted molar refractivity (Wildman–Crippen MR) is 59.5 cm³/mol. The Morgan fingerprint density at radius 1 is 1.27 bits per heavy atom. The summed E-state index contributed by atoms with van der Waals surface area (Å²) in [6.45, 7) is 6.41. The van der Waals surface area contributed by atoms with E-state index in [0.717, 1.165) is 19.5 Å². The minimum Gasteiger partial charge on any atom is -0.303 e. The number of hydrogen-bond donors (Lipinski definition) is 0. The van der Waals surface area contributed by atoms with Crippen molar-refractivity contribution in [1.82, 2.24) is 4.90 Å². The Labute approximate surface area is 91.8 Å². The average molecular weight is 219 g/mol. The fraction of sp³-hybridized carbons (Fsp3) is 1.00. The van der Waals surface area contributed by atoms with Crippen molar-refractivity contribution >= 4 is 0 Å². The Balaban J connectivity index is 2.34. The number of halogens is 2. The molecule has 0 aromatic carbocycles. The van der Waals surface area contributed by atoms with Crippen LogP contribution < -0.4 is 0 Å². The molecule has 2 unspecified atom stereocenters. The molecule has 0 spiro atoms. The molecule has 15 heavy (non-hydrogen) atoms. The summed E-state index contributed by atoms with van der Waals surface area (Å²) in [5.41, 5.74) is 0. The topological polar surface area (TPSA) is 3.24 Å². The fourth-order valence-electron chi connectivity index (χ4n) is 2.21. The van der Waals surface area contributed by atoms with Crippen molar-refractivity contribution in [2.45, 2.75) is 51.9 Å². The van der Waals surface area contributed by atoms with Crippen LogP contribution in [-0.4, -0.2) is 36.9 Å². The summed E-state index contributed by atoms with van der Waals surface area (Å²) in [5, 5.41) is 0. The van der Waals surface area contributed by atoms with Gasteiger partial charge in [0, 0.05) is 19.0 Å². The van der Waals surface area contributed by atoms with Gasteiger partial charge in [0.25, 0.3) is 0 Å². The molecule has 1 fully saturated rings. The van der Waals surface area contributed by atoms with Crippen LogP contribution >= 0.6 is 0 Å². The number of likely N-dealkylation sites (tertiary alicyclic amines) is 1. The molecular formula is C12H23F2N. The third kappa shape index (κ3) is 4.06. The number of rotatable bonds is 4. The Hall–Kier alpha value is -0.180. The first kappa shape index (κ1) is 12.9. The lowest BCUT2D eigenvalue weighted by molar-refractivity contribution is 0.122. The van der Waals surface area contributed by atoms with Gasteiger partial charge in [0.05, 0.1) is 0 Å². The molecule has 0 aromatic rings. The molecule has 90 valence electrons. The molecule has 0 radical (unpaired) electrons. The zero-order valence-electron chi connectivity index (χ0n) is 9.88. The second-order valence-electron chi connectivity index (χ2n) is 4.73. The van der Waals surface area contributed by atoms with Gasteiger partial charge in [0.2, 0.25) is 0 Å². The lowest BCUT2D eigenvalue weighted by Gasteiger charge is -2.22. The normalized spacial score (nSPS) is 34.0. The van der Waals surface area contributed by atoms with Gasteiger partial charge in [-0.15, -0.1) is 0 Å².